The quantitative estimate of drug-likeness (QED) is 0.564. The van der Waals surface area contributed by atoms with E-state index in [2.05, 4.69) is 108 Å². The number of allylic oxidation sites excluding steroid dienone is 2. The number of fused-ring (bicyclic) bond motifs is 3. The van der Waals surface area contributed by atoms with Crippen molar-refractivity contribution in [3.8, 4) is 0 Å². The van der Waals surface area contributed by atoms with Gasteiger partial charge in [-0.3, -0.25) is 0 Å². The Balaban J connectivity index is 1.63. The molecule has 25 heavy (non-hydrogen) atoms. The van der Waals surface area contributed by atoms with E-state index in [1.54, 1.807) is 0 Å². The summed E-state index contributed by atoms with van der Waals surface area (Å²) in [5, 5.41) is 0. The Hall–Kier alpha value is -3.06. The predicted molar refractivity (Wildman–Crippen MR) is 105 cm³/mol. The highest BCUT2D eigenvalue weighted by molar-refractivity contribution is 5.82. The molecule has 1 heterocycles. The highest BCUT2D eigenvalue weighted by atomic mass is 15.2. The highest BCUT2D eigenvalue weighted by Crippen LogP contribution is 2.48. The van der Waals surface area contributed by atoms with E-state index >= 15 is 0 Å². The van der Waals surface area contributed by atoms with Crippen LogP contribution in [0.4, 0.5) is 11.4 Å². The molecule has 2 atom stereocenters. The molecular weight excluding hydrogens is 302 g/mol. The predicted octanol–water partition coefficient (Wildman–Crippen LogP) is 5.94. The second kappa shape index (κ2) is 5.78. The number of benzene rings is 3. The molecule has 0 N–H and O–H groups in total. The maximum absolute atomic E-state index is 2.47. The van der Waals surface area contributed by atoms with E-state index in [1.165, 1.54) is 28.1 Å². The molecule has 0 aromatic heterocycles. The van der Waals surface area contributed by atoms with Crippen LogP contribution in [0.25, 0.3) is 5.57 Å². The molecule has 2 unspecified atom stereocenters. The van der Waals surface area contributed by atoms with Crippen LogP contribution in [0.1, 0.15) is 17.0 Å². The third kappa shape index (κ3) is 2.32. The van der Waals surface area contributed by atoms with Gasteiger partial charge in [0.25, 0.3) is 0 Å². The van der Waals surface area contributed by atoms with Crippen molar-refractivity contribution in [1.82, 2.24) is 0 Å². The van der Waals surface area contributed by atoms with Crippen molar-refractivity contribution in [2.24, 2.45) is 0 Å². The first-order chi connectivity index (χ1) is 12.4. The van der Waals surface area contributed by atoms with Gasteiger partial charge < -0.3 is 4.90 Å². The van der Waals surface area contributed by atoms with Crippen molar-refractivity contribution in [2.45, 2.75) is 12.0 Å². The van der Waals surface area contributed by atoms with Crippen LogP contribution >= 0.6 is 0 Å². The monoisotopic (exact) mass is 321 g/mol. The minimum absolute atomic E-state index is 0.340. The van der Waals surface area contributed by atoms with Crippen LogP contribution in [-0.4, -0.2) is 6.04 Å². The molecule has 5 rings (SSSR count). The molecule has 3 aromatic rings. The summed E-state index contributed by atoms with van der Waals surface area (Å²) in [6.07, 6.45) is 7.07. The maximum Gasteiger partial charge on any atom is 0.0630 e. The second-order valence-corrected chi connectivity index (χ2v) is 6.63. The maximum atomic E-state index is 2.47. The van der Waals surface area contributed by atoms with Crippen molar-refractivity contribution in [3.63, 3.8) is 0 Å². The topological polar surface area (TPSA) is 3.24 Å². The van der Waals surface area contributed by atoms with Gasteiger partial charge in [0.1, 0.15) is 0 Å². The van der Waals surface area contributed by atoms with Crippen molar-refractivity contribution in [3.05, 3.63) is 114 Å². The Labute approximate surface area is 148 Å². The zero-order valence-electron chi connectivity index (χ0n) is 13.9. The number of hydrogen-bond donors (Lipinski definition) is 0. The van der Waals surface area contributed by atoms with Crippen LogP contribution in [0.3, 0.4) is 0 Å². The van der Waals surface area contributed by atoms with Crippen LogP contribution in [-0.2, 0) is 0 Å². The van der Waals surface area contributed by atoms with Crippen molar-refractivity contribution in [1.29, 1.82) is 0 Å². The fourth-order valence-electron chi connectivity index (χ4n) is 4.06. The highest BCUT2D eigenvalue weighted by Gasteiger charge is 2.37. The first kappa shape index (κ1) is 14.3. The molecule has 0 radical (unpaired) electrons. The zero-order chi connectivity index (χ0) is 16.6. The number of nitrogens with zero attached hydrogens (tertiary/aromatic N) is 1. The van der Waals surface area contributed by atoms with Crippen molar-refractivity contribution in [2.75, 3.05) is 4.90 Å². The molecule has 1 nitrogen and oxygen atoms in total. The average molecular weight is 321 g/mol. The summed E-state index contributed by atoms with van der Waals surface area (Å²) in [6, 6.07) is 30.5. The smallest absolute Gasteiger partial charge is 0.0630 e. The van der Waals surface area contributed by atoms with Crippen LogP contribution in [0.5, 0.6) is 0 Å². The number of hydrogen-bond acceptors (Lipinski definition) is 1. The van der Waals surface area contributed by atoms with Crippen LogP contribution < -0.4 is 4.90 Å². The zero-order valence-corrected chi connectivity index (χ0v) is 13.9. The molecule has 120 valence electrons. The molecule has 3 aromatic carbocycles. The Morgan fingerprint density at radius 2 is 1.36 bits per heavy atom. The lowest BCUT2D eigenvalue weighted by molar-refractivity contribution is 0.747. The molecule has 0 bridgehead atoms. The average Bonchev–Trinajstić information content (AvgIpc) is 3.03. The van der Waals surface area contributed by atoms with E-state index in [4.69, 9.17) is 0 Å². The Morgan fingerprint density at radius 3 is 2.16 bits per heavy atom. The largest absolute Gasteiger partial charge is 0.333 e. The van der Waals surface area contributed by atoms with Crippen LogP contribution in [0, 0.1) is 0 Å². The Kier molecular flexibility index (Phi) is 3.31. The summed E-state index contributed by atoms with van der Waals surface area (Å²) in [6.45, 7) is 0. The number of anilines is 2. The van der Waals surface area contributed by atoms with E-state index in [0.29, 0.717) is 12.0 Å². The molecule has 1 aliphatic carbocycles. The van der Waals surface area contributed by atoms with E-state index < -0.39 is 0 Å². The van der Waals surface area contributed by atoms with Gasteiger partial charge in [-0.15, -0.1) is 0 Å². The van der Waals surface area contributed by atoms with Gasteiger partial charge >= 0.3 is 0 Å². The van der Waals surface area contributed by atoms with E-state index in [0.717, 1.165) is 0 Å². The Bertz CT molecular complexity index is 954. The SMILES string of the molecule is C1=CC2C(C=C1c1ccccc1)c1ccccc1N2c1ccccc1. The molecule has 2 aliphatic rings. The summed E-state index contributed by atoms with van der Waals surface area (Å²) in [4.78, 5) is 2.47. The lowest BCUT2D eigenvalue weighted by Gasteiger charge is -2.29. The summed E-state index contributed by atoms with van der Waals surface area (Å²) in [5.41, 5.74) is 6.58. The van der Waals surface area contributed by atoms with Gasteiger partial charge in [0.2, 0.25) is 0 Å². The molecular formula is C24H19N. The minimum Gasteiger partial charge on any atom is -0.333 e. The second-order valence-electron chi connectivity index (χ2n) is 6.63. The number of rotatable bonds is 2. The standard InChI is InChI=1S/C24H19N/c1-3-9-18(10-4-1)19-15-16-24-22(17-19)21-13-7-8-14-23(21)25(24)20-11-5-2-6-12-20/h1-17,22,24H. The fraction of sp³-hybridized carbons (Fsp3) is 0.0833. The summed E-state index contributed by atoms with van der Waals surface area (Å²) < 4.78 is 0. The molecule has 1 heteroatoms. The molecule has 0 spiro atoms. The lowest BCUT2D eigenvalue weighted by Crippen LogP contribution is -2.28. The van der Waals surface area contributed by atoms with Gasteiger partial charge in [-0.1, -0.05) is 85.0 Å². The van der Waals surface area contributed by atoms with Crippen molar-refractivity contribution < 1.29 is 0 Å². The van der Waals surface area contributed by atoms with E-state index in [9.17, 15) is 0 Å². The molecule has 1 aliphatic heterocycles. The Morgan fingerprint density at radius 1 is 0.680 bits per heavy atom. The fourth-order valence-corrected chi connectivity index (χ4v) is 4.06. The van der Waals surface area contributed by atoms with E-state index in [-0.39, 0.29) is 0 Å². The van der Waals surface area contributed by atoms with Gasteiger partial charge in [0.05, 0.1) is 6.04 Å². The van der Waals surface area contributed by atoms with Gasteiger partial charge in [0, 0.05) is 17.3 Å². The summed E-state index contributed by atoms with van der Waals surface area (Å²) in [7, 11) is 0. The summed E-state index contributed by atoms with van der Waals surface area (Å²) >= 11 is 0. The van der Waals surface area contributed by atoms with Gasteiger partial charge in [-0.25, -0.2) is 0 Å². The van der Waals surface area contributed by atoms with Crippen molar-refractivity contribution >= 4 is 16.9 Å². The molecule has 0 saturated heterocycles. The molecule has 0 saturated carbocycles. The van der Waals surface area contributed by atoms with Gasteiger partial charge in [-0.2, -0.15) is 0 Å². The van der Waals surface area contributed by atoms with Crippen LogP contribution in [0.15, 0.2) is 103 Å². The van der Waals surface area contributed by atoms with Gasteiger partial charge in [-0.05, 0) is 34.9 Å². The molecule has 0 fully saturated rings. The first-order valence-corrected chi connectivity index (χ1v) is 8.80. The molecule has 0 amide bonds. The lowest BCUT2D eigenvalue weighted by atomic mass is 9.86. The van der Waals surface area contributed by atoms with Gasteiger partial charge in [0.15, 0.2) is 0 Å². The third-order valence-corrected chi connectivity index (χ3v) is 5.20. The third-order valence-electron chi connectivity index (χ3n) is 5.20. The van der Waals surface area contributed by atoms with E-state index in [1.807, 2.05) is 0 Å². The number of para-hydroxylation sites is 2. The normalized spacial score (nSPS) is 20.8. The van der Waals surface area contributed by atoms with Crippen LogP contribution in [0.2, 0.25) is 0 Å². The first-order valence-electron chi connectivity index (χ1n) is 8.80. The minimum atomic E-state index is 0.340. The summed E-state index contributed by atoms with van der Waals surface area (Å²) in [5.74, 6) is 0.386.